The van der Waals surface area contributed by atoms with Crippen LogP contribution in [0.2, 0.25) is 0 Å². The number of esters is 2. The summed E-state index contributed by atoms with van der Waals surface area (Å²) >= 11 is 1.30. The van der Waals surface area contributed by atoms with Crippen LogP contribution in [0.3, 0.4) is 0 Å². The first-order chi connectivity index (χ1) is 17.6. The van der Waals surface area contributed by atoms with E-state index in [0.29, 0.717) is 6.42 Å². The number of allylic oxidation sites excluding steroid dienone is 1. The molecule has 5 rings (SSSR count). The Morgan fingerprint density at radius 3 is 2.45 bits per heavy atom. The molecule has 1 aromatic heterocycles. The van der Waals surface area contributed by atoms with Gasteiger partial charge in [0.2, 0.25) is 0 Å². The summed E-state index contributed by atoms with van der Waals surface area (Å²) in [6, 6.07) is 1.58. The zero-order chi connectivity index (χ0) is 28.0. The molecule has 1 aromatic rings. The molecule has 2 N–H and O–H groups in total. The van der Waals surface area contributed by atoms with Gasteiger partial charge < -0.3 is 24.4 Å². The summed E-state index contributed by atoms with van der Waals surface area (Å²) in [7, 11) is 0. The molecule has 0 spiro atoms. The first-order valence-electron chi connectivity index (χ1n) is 12.9. The Bertz CT molecular complexity index is 1250. The van der Waals surface area contributed by atoms with Crippen molar-refractivity contribution in [2.45, 2.75) is 83.9 Å². The molecular weight excluding hydrogens is 512 g/mol. The number of rotatable bonds is 3. The molecule has 2 heterocycles. The van der Waals surface area contributed by atoms with E-state index in [1.807, 2.05) is 6.92 Å². The zero-order valence-corrected chi connectivity index (χ0v) is 23.2. The fourth-order valence-electron chi connectivity index (χ4n) is 7.58. The molecule has 1 saturated heterocycles. The van der Waals surface area contributed by atoms with Gasteiger partial charge in [0.15, 0.2) is 17.2 Å². The Morgan fingerprint density at radius 1 is 1.21 bits per heavy atom. The lowest BCUT2D eigenvalue weighted by Crippen LogP contribution is -2.80. The number of aliphatic hydroxyl groups is 2. The van der Waals surface area contributed by atoms with Gasteiger partial charge in [-0.25, -0.2) is 4.79 Å². The van der Waals surface area contributed by atoms with Crippen molar-refractivity contribution >= 4 is 34.8 Å². The molecule has 0 radical (unpaired) electrons. The predicted molar refractivity (Wildman–Crippen MR) is 135 cm³/mol. The van der Waals surface area contributed by atoms with Gasteiger partial charge in [0, 0.05) is 29.6 Å². The molecule has 6 unspecified atom stereocenters. The van der Waals surface area contributed by atoms with Crippen molar-refractivity contribution in [2.75, 3.05) is 6.61 Å². The van der Waals surface area contributed by atoms with Gasteiger partial charge >= 0.3 is 11.9 Å². The van der Waals surface area contributed by atoms with Crippen molar-refractivity contribution in [1.29, 1.82) is 0 Å². The van der Waals surface area contributed by atoms with Crippen molar-refractivity contribution in [3.63, 3.8) is 0 Å². The predicted octanol–water partition coefficient (Wildman–Crippen LogP) is 2.63. The van der Waals surface area contributed by atoms with E-state index in [1.165, 1.54) is 18.3 Å². The van der Waals surface area contributed by atoms with Gasteiger partial charge in [-0.05, 0) is 41.9 Å². The topological polar surface area (TPSA) is 136 Å². The highest BCUT2D eigenvalue weighted by molar-refractivity contribution is 7.08. The molecule has 9 nitrogen and oxygen atoms in total. The maximum atomic E-state index is 14.4. The van der Waals surface area contributed by atoms with E-state index >= 15 is 0 Å². The van der Waals surface area contributed by atoms with E-state index in [4.69, 9.17) is 14.2 Å². The quantitative estimate of drug-likeness (QED) is 0.548. The van der Waals surface area contributed by atoms with E-state index in [9.17, 15) is 29.4 Å². The summed E-state index contributed by atoms with van der Waals surface area (Å²) in [5.41, 5.74) is -5.63. The third-order valence-electron chi connectivity index (χ3n) is 9.98. The standard InChI is InChI=1S/C28H34O9S/c1-13-9-18-27(12-35-18,37-15(3)29)21-23(36-24(33)16-7-8-38-11-16)28(34)10-17(30)14(2)19(25(28,4)5)20(31)22(32)26(13,21)6/h7-8,11,13,18,20-21,23,31,34H,9-10,12H2,1-6H3/t13-,18?,20?,21?,23?,26+,27?,28?/m0/s1. The summed E-state index contributed by atoms with van der Waals surface area (Å²) in [5, 5.41) is 27.5. The van der Waals surface area contributed by atoms with Crippen LogP contribution in [0.15, 0.2) is 28.0 Å². The molecule has 0 amide bonds. The minimum absolute atomic E-state index is 0.0771. The first-order valence-corrected chi connectivity index (χ1v) is 13.8. The number of carbonyl (C=O) groups excluding carboxylic acids is 4. The highest BCUT2D eigenvalue weighted by atomic mass is 32.1. The molecule has 38 heavy (non-hydrogen) atoms. The number of thiophene rings is 1. The van der Waals surface area contributed by atoms with E-state index < -0.39 is 82.1 Å². The molecule has 2 saturated carbocycles. The lowest BCUT2D eigenvalue weighted by atomic mass is 9.43. The second-order valence-electron chi connectivity index (χ2n) is 12.0. The molecule has 8 atom stereocenters. The van der Waals surface area contributed by atoms with Crippen LogP contribution in [0.5, 0.6) is 0 Å². The Kier molecular flexibility index (Phi) is 6.11. The number of ether oxygens (including phenoxy) is 3. The second kappa shape index (κ2) is 8.55. The number of fused-ring (bicyclic) bond motifs is 5. The Labute approximate surface area is 225 Å². The molecule has 1 aliphatic heterocycles. The van der Waals surface area contributed by atoms with Gasteiger partial charge in [-0.2, -0.15) is 11.3 Å². The van der Waals surface area contributed by atoms with E-state index in [0.717, 1.165) is 0 Å². The minimum atomic E-state index is -2.04. The van der Waals surface area contributed by atoms with Crippen molar-refractivity contribution < 1.29 is 43.6 Å². The van der Waals surface area contributed by atoms with Crippen LogP contribution in [0.1, 0.15) is 64.7 Å². The third-order valence-corrected chi connectivity index (χ3v) is 10.7. The van der Waals surface area contributed by atoms with Gasteiger partial charge in [-0.1, -0.05) is 27.7 Å². The maximum absolute atomic E-state index is 14.4. The smallest absolute Gasteiger partial charge is 0.339 e. The summed E-state index contributed by atoms with van der Waals surface area (Å²) < 4.78 is 18.0. The van der Waals surface area contributed by atoms with Gasteiger partial charge in [-0.3, -0.25) is 14.4 Å². The Hall–Kier alpha value is -2.40. The molecule has 2 bridgehead atoms. The van der Waals surface area contributed by atoms with E-state index in [1.54, 1.807) is 44.5 Å². The number of hydrogen-bond donors (Lipinski definition) is 2. The van der Waals surface area contributed by atoms with Gasteiger partial charge in [-0.15, -0.1) is 0 Å². The van der Waals surface area contributed by atoms with Crippen LogP contribution in [-0.2, 0) is 28.6 Å². The second-order valence-corrected chi connectivity index (χ2v) is 12.8. The summed E-state index contributed by atoms with van der Waals surface area (Å²) in [6.07, 6.45) is -3.81. The van der Waals surface area contributed by atoms with Crippen LogP contribution < -0.4 is 0 Å². The molecule has 0 aromatic carbocycles. The number of aliphatic hydroxyl groups excluding tert-OH is 1. The van der Waals surface area contributed by atoms with Crippen LogP contribution in [0, 0.1) is 22.7 Å². The number of ketones is 2. The lowest BCUT2D eigenvalue weighted by Gasteiger charge is -2.67. The molecule has 10 heteroatoms. The fraction of sp³-hybridized carbons (Fsp3) is 0.643. The highest BCUT2D eigenvalue weighted by Gasteiger charge is 2.77. The SMILES string of the molecule is CC(=O)OC12COC1C[C@H](C)[C@@]1(C)C(=O)C(O)C3=C(C)C(=O)CC(O)(C(OC(=O)c4ccsc4)C21)C3(C)C. The fourth-order valence-corrected chi connectivity index (χ4v) is 8.21. The molecule has 206 valence electrons. The monoisotopic (exact) mass is 546 g/mol. The number of Topliss-reactive ketones (excluding diaryl/α,β-unsaturated/α-hetero) is 2. The lowest BCUT2D eigenvalue weighted by molar-refractivity contribution is -0.338. The molecule has 4 aliphatic rings. The largest absolute Gasteiger partial charge is 0.455 e. The summed E-state index contributed by atoms with van der Waals surface area (Å²) in [6.45, 7) is 9.52. The van der Waals surface area contributed by atoms with Gasteiger partial charge in [0.25, 0.3) is 0 Å². The van der Waals surface area contributed by atoms with E-state index in [2.05, 4.69) is 0 Å². The van der Waals surface area contributed by atoms with Crippen LogP contribution in [0.4, 0.5) is 0 Å². The Morgan fingerprint density at radius 2 is 1.89 bits per heavy atom. The minimum Gasteiger partial charge on any atom is -0.455 e. The van der Waals surface area contributed by atoms with Crippen molar-refractivity contribution in [3.05, 3.63) is 33.5 Å². The van der Waals surface area contributed by atoms with Crippen molar-refractivity contribution in [3.8, 4) is 0 Å². The van der Waals surface area contributed by atoms with Crippen molar-refractivity contribution in [1.82, 2.24) is 0 Å². The average Bonchev–Trinajstić information content (AvgIpc) is 3.37. The highest BCUT2D eigenvalue weighted by Crippen LogP contribution is 2.64. The Balaban J connectivity index is 1.83. The van der Waals surface area contributed by atoms with Crippen molar-refractivity contribution in [2.24, 2.45) is 22.7 Å². The molecular formula is C28H34O9S. The maximum Gasteiger partial charge on any atom is 0.339 e. The molecule has 3 aliphatic carbocycles. The summed E-state index contributed by atoms with van der Waals surface area (Å²) in [5.74, 6) is -3.89. The normalized spacial score (nSPS) is 41.7. The average molecular weight is 547 g/mol. The van der Waals surface area contributed by atoms with Crippen LogP contribution in [-0.4, -0.2) is 69.8 Å². The zero-order valence-electron chi connectivity index (χ0n) is 22.4. The van der Waals surface area contributed by atoms with Crippen LogP contribution >= 0.6 is 11.3 Å². The van der Waals surface area contributed by atoms with E-state index in [-0.39, 0.29) is 23.3 Å². The first kappa shape index (κ1) is 27.2. The number of carbonyl (C=O) groups is 4. The third kappa shape index (κ3) is 3.33. The molecule has 3 fully saturated rings. The van der Waals surface area contributed by atoms with Gasteiger partial charge in [0.1, 0.15) is 23.9 Å². The van der Waals surface area contributed by atoms with Gasteiger partial charge in [0.05, 0.1) is 18.1 Å². The number of hydrogen-bond acceptors (Lipinski definition) is 10. The summed E-state index contributed by atoms with van der Waals surface area (Å²) in [4.78, 5) is 53.6. The van der Waals surface area contributed by atoms with Crippen LogP contribution in [0.25, 0.3) is 0 Å².